The van der Waals surface area contributed by atoms with Crippen molar-refractivity contribution in [1.29, 1.82) is 0 Å². The summed E-state index contributed by atoms with van der Waals surface area (Å²) in [5.41, 5.74) is 0. The van der Waals surface area contributed by atoms with Crippen molar-refractivity contribution in [2.45, 2.75) is 262 Å². The van der Waals surface area contributed by atoms with Crippen LogP contribution in [0.4, 0.5) is 0 Å². The standard InChI is InChI=1S/C46H89NO8/c1-3-5-7-9-11-13-15-17-18-19-20-21-22-24-26-28-30-32-34-36-42(50)47-39(38-54-46-45(53)44(52)43(51)41(37-48)55-46)40(49)35-33-31-29-27-25-23-16-14-12-10-8-6-4-2/h33,35,39-41,43-46,48-49,51-53H,3-32,34,36-38H2,1-2H3,(H,47,50)/b35-33+/t39-,40+,41-,43-,44?,45?,46-/m0/s1. The highest BCUT2D eigenvalue weighted by Crippen LogP contribution is 2.23. The molecule has 7 atom stereocenters. The van der Waals surface area contributed by atoms with Gasteiger partial charge in [-0.05, 0) is 19.3 Å². The third-order valence-electron chi connectivity index (χ3n) is 11.4. The zero-order valence-electron chi connectivity index (χ0n) is 35.7. The molecule has 6 N–H and O–H groups in total. The topological polar surface area (TPSA) is 149 Å². The number of carbonyl (C=O) groups excluding carboxylic acids is 1. The van der Waals surface area contributed by atoms with Gasteiger partial charge in [-0.1, -0.05) is 206 Å². The van der Waals surface area contributed by atoms with Crippen LogP contribution in [0, 0.1) is 0 Å². The molecule has 0 aromatic heterocycles. The van der Waals surface area contributed by atoms with Crippen molar-refractivity contribution in [2.75, 3.05) is 13.2 Å². The van der Waals surface area contributed by atoms with Crippen LogP contribution in [0.5, 0.6) is 0 Å². The first kappa shape index (κ1) is 51.9. The molecule has 1 rings (SSSR count). The number of nitrogens with one attached hydrogen (secondary N) is 1. The number of amides is 1. The van der Waals surface area contributed by atoms with E-state index in [9.17, 15) is 30.3 Å². The van der Waals surface area contributed by atoms with Gasteiger partial charge in [-0.2, -0.15) is 0 Å². The number of allylic oxidation sites excluding steroid dienone is 1. The summed E-state index contributed by atoms with van der Waals surface area (Å²) < 4.78 is 11.2. The minimum absolute atomic E-state index is 0.174. The minimum Gasteiger partial charge on any atom is -0.394 e. The van der Waals surface area contributed by atoms with E-state index in [-0.39, 0.29) is 12.5 Å². The normalized spacial score (nSPS) is 21.3. The Balaban J connectivity index is 2.31. The fourth-order valence-electron chi connectivity index (χ4n) is 7.57. The lowest BCUT2D eigenvalue weighted by molar-refractivity contribution is -0.302. The van der Waals surface area contributed by atoms with Gasteiger partial charge in [0.15, 0.2) is 6.29 Å². The average Bonchev–Trinajstić information content (AvgIpc) is 3.18. The van der Waals surface area contributed by atoms with Gasteiger partial charge in [0.25, 0.3) is 0 Å². The van der Waals surface area contributed by atoms with Gasteiger partial charge in [0.2, 0.25) is 5.91 Å². The molecular weight excluding hydrogens is 695 g/mol. The summed E-state index contributed by atoms with van der Waals surface area (Å²) in [6.45, 7) is 3.78. The Morgan fingerprint density at radius 2 is 1.00 bits per heavy atom. The van der Waals surface area contributed by atoms with Gasteiger partial charge in [-0.25, -0.2) is 0 Å². The molecule has 9 nitrogen and oxygen atoms in total. The lowest BCUT2D eigenvalue weighted by Gasteiger charge is -2.40. The van der Waals surface area contributed by atoms with Crippen molar-refractivity contribution in [3.63, 3.8) is 0 Å². The summed E-state index contributed by atoms with van der Waals surface area (Å²) in [6.07, 6.45) is 35.4. The number of hydrogen-bond donors (Lipinski definition) is 6. The van der Waals surface area contributed by atoms with Gasteiger partial charge >= 0.3 is 0 Å². The third kappa shape index (κ3) is 28.1. The second-order valence-corrected chi connectivity index (χ2v) is 16.6. The Labute approximate surface area is 337 Å². The molecule has 326 valence electrons. The van der Waals surface area contributed by atoms with Crippen LogP contribution in [-0.4, -0.2) is 87.5 Å². The smallest absolute Gasteiger partial charge is 0.220 e. The van der Waals surface area contributed by atoms with Crippen LogP contribution in [0.2, 0.25) is 0 Å². The number of unbranched alkanes of at least 4 members (excludes halogenated alkanes) is 29. The molecule has 0 aromatic rings. The van der Waals surface area contributed by atoms with Crippen LogP contribution in [0.1, 0.15) is 219 Å². The predicted molar refractivity (Wildman–Crippen MR) is 226 cm³/mol. The summed E-state index contributed by atoms with van der Waals surface area (Å²) in [6, 6.07) is -0.797. The number of aliphatic hydroxyl groups excluding tert-OH is 5. The first-order valence-electron chi connectivity index (χ1n) is 23.4. The van der Waals surface area contributed by atoms with E-state index in [0.29, 0.717) is 6.42 Å². The average molecular weight is 784 g/mol. The van der Waals surface area contributed by atoms with Gasteiger partial charge in [0.1, 0.15) is 24.4 Å². The lowest BCUT2D eigenvalue weighted by Crippen LogP contribution is -2.60. The van der Waals surface area contributed by atoms with Gasteiger partial charge in [0.05, 0.1) is 25.4 Å². The largest absolute Gasteiger partial charge is 0.394 e. The zero-order valence-corrected chi connectivity index (χ0v) is 35.7. The molecule has 0 aromatic carbocycles. The first-order chi connectivity index (χ1) is 26.8. The van der Waals surface area contributed by atoms with E-state index in [2.05, 4.69) is 19.2 Å². The number of ether oxygens (including phenoxy) is 2. The molecule has 1 amide bonds. The van der Waals surface area contributed by atoms with Crippen LogP contribution in [0.25, 0.3) is 0 Å². The highest BCUT2D eigenvalue weighted by atomic mass is 16.7. The molecule has 0 saturated carbocycles. The van der Waals surface area contributed by atoms with Gasteiger partial charge in [0, 0.05) is 6.42 Å². The van der Waals surface area contributed by atoms with Gasteiger partial charge in [-0.15, -0.1) is 0 Å². The van der Waals surface area contributed by atoms with Crippen molar-refractivity contribution in [3.05, 3.63) is 12.2 Å². The maximum Gasteiger partial charge on any atom is 0.220 e. The predicted octanol–water partition coefficient (Wildman–Crippen LogP) is 9.73. The van der Waals surface area contributed by atoms with Crippen molar-refractivity contribution in [3.8, 4) is 0 Å². The monoisotopic (exact) mass is 784 g/mol. The summed E-state index contributed by atoms with van der Waals surface area (Å²) in [5.74, 6) is -0.174. The number of hydrogen-bond acceptors (Lipinski definition) is 8. The molecule has 0 radical (unpaired) electrons. The SMILES string of the molecule is CCCCCCCCCCCCC/C=C/[C@@H](O)[C@H](CO[C@H]1O[C@@H](CO)[C@H](O)C(O)C1O)NC(=O)CCCCCCCCCCCCCCCCCCCCC. The highest BCUT2D eigenvalue weighted by Gasteiger charge is 2.44. The van der Waals surface area contributed by atoms with Crippen molar-refractivity contribution in [1.82, 2.24) is 5.32 Å². The molecule has 1 fully saturated rings. The molecule has 9 heteroatoms. The number of aliphatic hydroxyl groups is 5. The number of rotatable bonds is 39. The Morgan fingerprint density at radius 1 is 0.600 bits per heavy atom. The molecule has 1 aliphatic heterocycles. The maximum absolute atomic E-state index is 12.9. The second kappa shape index (κ2) is 37.2. The lowest BCUT2D eigenvalue weighted by atomic mass is 9.99. The third-order valence-corrected chi connectivity index (χ3v) is 11.4. The fraction of sp³-hybridized carbons (Fsp3) is 0.935. The molecule has 1 saturated heterocycles. The van der Waals surface area contributed by atoms with E-state index >= 15 is 0 Å². The Hall–Kier alpha value is -1.07. The quantitative estimate of drug-likeness (QED) is 0.0267. The maximum atomic E-state index is 12.9. The molecule has 0 spiro atoms. The van der Waals surface area contributed by atoms with Gasteiger partial charge < -0.3 is 40.3 Å². The molecule has 1 heterocycles. The van der Waals surface area contributed by atoms with Crippen LogP contribution in [-0.2, 0) is 14.3 Å². The molecule has 0 bridgehead atoms. The summed E-state index contributed by atoms with van der Waals surface area (Å²) in [5, 5.41) is 54.2. The number of carbonyl (C=O) groups is 1. The van der Waals surface area contributed by atoms with E-state index < -0.39 is 49.5 Å². The van der Waals surface area contributed by atoms with Crippen LogP contribution in [0.15, 0.2) is 12.2 Å². The highest BCUT2D eigenvalue weighted by molar-refractivity contribution is 5.76. The van der Waals surface area contributed by atoms with Crippen molar-refractivity contribution >= 4 is 5.91 Å². The minimum atomic E-state index is -1.56. The van der Waals surface area contributed by atoms with E-state index in [1.54, 1.807) is 6.08 Å². The molecule has 1 aliphatic rings. The summed E-state index contributed by atoms with van der Waals surface area (Å²) in [7, 11) is 0. The Bertz CT molecular complexity index is 873. The van der Waals surface area contributed by atoms with E-state index in [4.69, 9.17) is 9.47 Å². The van der Waals surface area contributed by atoms with Crippen molar-refractivity contribution in [2.24, 2.45) is 0 Å². The Morgan fingerprint density at radius 3 is 1.42 bits per heavy atom. The molecule has 55 heavy (non-hydrogen) atoms. The van der Waals surface area contributed by atoms with Crippen LogP contribution in [0.3, 0.4) is 0 Å². The van der Waals surface area contributed by atoms with E-state index in [1.807, 2.05) is 6.08 Å². The van der Waals surface area contributed by atoms with Crippen molar-refractivity contribution < 1.29 is 39.8 Å². The fourth-order valence-corrected chi connectivity index (χ4v) is 7.57. The molecule has 2 unspecified atom stereocenters. The summed E-state index contributed by atoms with van der Waals surface area (Å²) >= 11 is 0. The van der Waals surface area contributed by atoms with Crippen LogP contribution >= 0.6 is 0 Å². The summed E-state index contributed by atoms with van der Waals surface area (Å²) in [4.78, 5) is 12.9. The second-order valence-electron chi connectivity index (χ2n) is 16.6. The Kier molecular flexibility index (Phi) is 35.2. The molecule has 0 aliphatic carbocycles. The van der Waals surface area contributed by atoms with E-state index in [1.165, 1.54) is 161 Å². The van der Waals surface area contributed by atoms with Crippen LogP contribution < -0.4 is 5.32 Å². The first-order valence-corrected chi connectivity index (χ1v) is 23.4. The zero-order chi connectivity index (χ0) is 40.2. The van der Waals surface area contributed by atoms with Gasteiger partial charge in [-0.3, -0.25) is 4.79 Å². The molecular formula is C46H89NO8. The van der Waals surface area contributed by atoms with E-state index in [0.717, 1.165) is 38.5 Å².